The van der Waals surface area contributed by atoms with Crippen LogP contribution < -0.4 is 4.74 Å². The molecule has 0 saturated carbocycles. The third kappa shape index (κ3) is 5.05. The van der Waals surface area contributed by atoms with Gasteiger partial charge in [0.1, 0.15) is 0 Å². The molecule has 2 aromatic carbocycles. The Bertz CT molecular complexity index is 955. The molecule has 2 rings (SSSR count). The molecular weight excluding hydrogens is 352 g/mol. The Hall–Kier alpha value is -3.87. The first kappa shape index (κ1) is 19.5. The summed E-state index contributed by atoms with van der Waals surface area (Å²) < 4.78 is 4.94. The van der Waals surface area contributed by atoms with E-state index in [0.29, 0.717) is 11.1 Å². The first-order chi connectivity index (χ1) is 12.8. The molecule has 0 fully saturated rings. The SMILES string of the molecule is COc1cc(/C=C/C(=O)C(=O)C(=O)/C=C/c2ccc(O)c(O)c2)ccc1O. The van der Waals surface area contributed by atoms with E-state index in [0.717, 1.165) is 12.2 Å². The second kappa shape index (κ2) is 8.48. The zero-order chi connectivity index (χ0) is 20.0. The summed E-state index contributed by atoms with van der Waals surface area (Å²) >= 11 is 0. The first-order valence-electron chi connectivity index (χ1n) is 7.69. The van der Waals surface area contributed by atoms with Crippen LogP contribution in [0.1, 0.15) is 11.1 Å². The number of ether oxygens (including phenoxy) is 1. The predicted octanol–water partition coefficient (Wildman–Crippen LogP) is 2.25. The van der Waals surface area contributed by atoms with Crippen molar-refractivity contribution in [3.05, 3.63) is 59.7 Å². The van der Waals surface area contributed by atoms with Gasteiger partial charge in [-0.05, 0) is 47.5 Å². The van der Waals surface area contributed by atoms with Crippen LogP contribution in [0, 0.1) is 0 Å². The van der Waals surface area contributed by atoms with E-state index in [1.807, 2.05) is 0 Å². The number of rotatable bonds is 7. The molecular formula is C20H16O7. The van der Waals surface area contributed by atoms with Crippen molar-refractivity contribution in [3.63, 3.8) is 0 Å². The largest absolute Gasteiger partial charge is 0.504 e. The van der Waals surface area contributed by atoms with Gasteiger partial charge in [0.15, 0.2) is 23.0 Å². The lowest BCUT2D eigenvalue weighted by molar-refractivity contribution is -0.140. The minimum atomic E-state index is -1.23. The van der Waals surface area contributed by atoms with Crippen LogP contribution in [0.5, 0.6) is 23.0 Å². The fourth-order valence-electron chi connectivity index (χ4n) is 2.06. The monoisotopic (exact) mass is 368 g/mol. The second-order valence-corrected chi connectivity index (χ2v) is 5.40. The van der Waals surface area contributed by atoms with Gasteiger partial charge in [0.25, 0.3) is 5.78 Å². The summed E-state index contributed by atoms with van der Waals surface area (Å²) in [7, 11) is 1.37. The van der Waals surface area contributed by atoms with E-state index >= 15 is 0 Å². The third-order valence-electron chi connectivity index (χ3n) is 3.51. The lowest BCUT2D eigenvalue weighted by atomic mass is 10.1. The van der Waals surface area contributed by atoms with Gasteiger partial charge in [-0.15, -0.1) is 0 Å². The number of aromatic hydroxyl groups is 3. The van der Waals surface area contributed by atoms with Gasteiger partial charge >= 0.3 is 0 Å². The molecule has 0 aromatic heterocycles. The number of Topliss-reactive ketones (excluding diaryl/α,β-unsaturated/α-hetero) is 1. The van der Waals surface area contributed by atoms with Crippen molar-refractivity contribution in [1.29, 1.82) is 0 Å². The van der Waals surface area contributed by atoms with Crippen molar-refractivity contribution in [1.82, 2.24) is 0 Å². The topological polar surface area (TPSA) is 121 Å². The molecule has 0 aliphatic carbocycles. The van der Waals surface area contributed by atoms with E-state index < -0.39 is 17.3 Å². The van der Waals surface area contributed by atoms with Gasteiger partial charge in [-0.25, -0.2) is 0 Å². The van der Waals surface area contributed by atoms with E-state index in [2.05, 4.69) is 0 Å². The van der Waals surface area contributed by atoms with Gasteiger partial charge in [0.05, 0.1) is 7.11 Å². The van der Waals surface area contributed by atoms with Crippen LogP contribution in [-0.2, 0) is 14.4 Å². The number of carbonyl (C=O) groups is 3. The quantitative estimate of drug-likeness (QED) is 0.297. The van der Waals surface area contributed by atoms with E-state index in [1.54, 1.807) is 0 Å². The first-order valence-corrected chi connectivity index (χ1v) is 7.69. The molecule has 0 unspecified atom stereocenters. The fourth-order valence-corrected chi connectivity index (χ4v) is 2.06. The summed E-state index contributed by atoms with van der Waals surface area (Å²) in [6, 6.07) is 8.17. The minimum absolute atomic E-state index is 0.0716. The normalized spacial score (nSPS) is 11.0. The molecule has 0 saturated heterocycles. The van der Waals surface area contributed by atoms with Crippen LogP contribution in [0.25, 0.3) is 12.2 Å². The number of carbonyl (C=O) groups excluding carboxylic acids is 3. The van der Waals surface area contributed by atoms with E-state index in [1.165, 1.54) is 55.7 Å². The lowest BCUT2D eigenvalue weighted by Gasteiger charge is -2.03. The highest BCUT2D eigenvalue weighted by Gasteiger charge is 2.17. The van der Waals surface area contributed by atoms with Crippen LogP contribution in [0.2, 0.25) is 0 Å². The molecule has 3 N–H and O–H groups in total. The number of allylic oxidation sites excluding steroid dienone is 2. The van der Waals surface area contributed by atoms with Crippen LogP contribution in [0.4, 0.5) is 0 Å². The van der Waals surface area contributed by atoms with E-state index in [9.17, 15) is 29.7 Å². The molecule has 27 heavy (non-hydrogen) atoms. The van der Waals surface area contributed by atoms with Gasteiger partial charge in [-0.1, -0.05) is 24.3 Å². The van der Waals surface area contributed by atoms with E-state index in [4.69, 9.17) is 4.74 Å². The molecule has 138 valence electrons. The number of ketones is 3. The Labute approximate surface area is 154 Å². The molecule has 0 aliphatic rings. The Balaban J connectivity index is 2.05. The highest BCUT2D eigenvalue weighted by atomic mass is 16.5. The number of phenolic OH excluding ortho intramolecular Hbond substituents is 3. The highest BCUT2D eigenvalue weighted by Crippen LogP contribution is 2.27. The molecule has 7 nitrogen and oxygen atoms in total. The molecule has 0 heterocycles. The Morgan fingerprint density at radius 2 is 1.30 bits per heavy atom. The third-order valence-corrected chi connectivity index (χ3v) is 3.51. The van der Waals surface area contributed by atoms with Gasteiger partial charge in [0, 0.05) is 0 Å². The summed E-state index contributed by atoms with van der Waals surface area (Å²) in [6.45, 7) is 0. The summed E-state index contributed by atoms with van der Waals surface area (Å²) in [5.41, 5.74) is 0.860. The molecule has 0 amide bonds. The van der Waals surface area contributed by atoms with Crippen molar-refractivity contribution in [3.8, 4) is 23.0 Å². The van der Waals surface area contributed by atoms with Crippen LogP contribution in [-0.4, -0.2) is 39.8 Å². The van der Waals surface area contributed by atoms with Gasteiger partial charge < -0.3 is 20.1 Å². The number of methoxy groups -OCH3 is 1. The smallest absolute Gasteiger partial charge is 0.272 e. The maximum Gasteiger partial charge on any atom is 0.272 e. The van der Waals surface area contributed by atoms with Crippen molar-refractivity contribution in [2.45, 2.75) is 0 Å². The summed E-state index contributed by atoms with van der Waals surface area (Å²) in [6.07, 6.45) is 4.41. The van der Waals surface area contributed by atoms with Gasteiger partial charge in [0.2, 0.25) is 11.6 Å². The molecule has 2 aromatic rings. The maximum absolute atomic E-state index is 11.8. The standard InChI is InChI=1S/C20H16O7/c1-27-19-11-13(3-7-15(19)22)5-9-17(24)20(26)16(23)8-4-12-2-6-14(21)18(25)10-12/h2-11,21-22,25H,1H3/b8-4+,9-5+. The number of benzene rings is 2. The highest BCUT2D eigenvalue weighted by molar-refractivity contribution is 6.68. The zero-order valence-corrected chi connectivity index (χ0v) is 14.2. The Morgan fingerprint density at radius 1 is 0.778 bits per heavy atom. The summed E-state index contributed by atoms with van der Waals surface area (Å²) in [5.74, 6) is -3.83. The van der Waals surface area contributed by atoms with E-state index in [-0.39, 0.29) is 23.0 Å². The average Bonchev–Trinajstić information content (AvgIpc) is 2.67. The van der Waals surface area contributed by atoms with Crippen LogP contribution in [0.15, 0.2) is 48.6 Å². The van der Waals surface area contributed by atoms with Crippen molar-refractivity contribution < 1.29 is 34.4 Å². The van der Waals surface area contributed by atoms with Gasteiger partial charge in [-0.2, -0.15) is 0 Å². The molecule has 0 spiro atoms. The molecule has 0 aliphatic heterocycles. The molecule has 0 radical (unpaired) electrons. The van der Waals surface area contributed by atoms with Crippen LogP contribution in [0.3, 0.4) is 0 Å². The Kier molecular flexibility index (Phi) is 6.11. The number of phenols is 3. The van der Waals surface area contributed by atoms with Crippen LogP contribution >= 0.6 is 0 Å². The maximum atomic E-state index is 11.8. The van der Waals surface area contributed by atoms with Gasteiger partial charge in [-0.3, -0.25) is 14.4 Å². The predicted molar refractivity (Wildman–Crippen MR) is 97.5 cm³/mol. The van der Waals surface area contributed by atoms with Crippen molar-refractivity contribution >= 4 is 29.5 Å². The molecule has 0 atom stereocenters. The number of hydrogen-bond donors (Lipinski definition) is 3. The average molecular weight is 368 g/mol. The molecule has 0 bridgehead atoms. The zero-order valence-electron chi connectivity index (χ0n) is 14.2. The van der Waals surface area contributed by atoms with Crippen molar-refractivity contribution in [2.75, 3.05) is 7.11 Å². The summed E-state index contributed by atoms with van der Waals surface area (Å²) in [4.78, 5) is 35.5. The summed E-state index contributed by atoms with van der Waals surface area (Å²) in [5, 5.41) is 28.1. The second-order valence-electron chi connectivity index (χ2n) is 5.40. The lowest BCUT2D eigenvalue weighted by Crippen LogP contribution is -2.20. The Morgan fingerprint density at radius 3 is 1.81 bits per heavy atom. The minimum Gasteiger partial charge on any atom is -0.504 e. The fraction of sp³-hybridized carbons (Fsp3) is 0.0500. The number of hydrogen-bond acceptors (Lipinski definition) is 7. The molecule has 7 heteroatoms. The van der Waals surface area contributed by atoms with Crippen molar-refractivity contribution in [2.24, 2.45) is 0 Å².